The van der Waals surface area contributed by atoms with Crippen LogP contribution in [0.2, 0.25) is 0 Å². The van der Waals surface area contributed by atoms with Gasteiger partial charge in [-0.25, -0.2) is 9.97 Å². The number of carbonyl (C=O) groups is 1. The van der Waals surface area contributed by atoms with E-state index in [-0.39, 0.29) is 11.4 Å². The Labute approximate surface area is 114 Å². The highest BCUT2D eigenvalue weighted by molar-refractivity contribution is 5.92. The van der Waals surface area contributed by atoms with Gasteiger partial charge in [-0.2, -0.15) is 0 Å². The zero-order chi connectivity index (χ0) is 13.9. The van der Waals surface area contributed by atoms with Gasteiger partial charge in [-0.1, -0.05) is 12.8 Å². The summed E-state index contributed by atoms with van der Waals surface area (Å²) in [7, 11) is 0. The Bertz CT molecular complexity index is 447. The molecule has 5 heteroatoms. The monoisotopic (exact) mass is 262 g/mol. The van der Waals surface area contributed by atoms with Gasteiger partial charge in [-0.05, 0) is 39.7 Å². The summed E-state index contributed by atoms with van der Waals surface area (Å²) in [5, 5.41) is 6.20. The number of aromatic nitrogens is 2. The minimum absolute atomic E-state index is 0.163. The lowest BCUT2D eigenvalue weighted by molar-refractivity contribution is 0.0914. The predicted octanol–water partition coefficient (Wildman–Crippen LogP) is 2.36. The van der Waals surface area contributed by atoms with Crippen molar-refractivity contribution >= 4 is 11.9 Å². The number of carbonyl (C=O) groups excluding carboxylic acids is 1. The third-order valence-corrected chi connectivity index (χ3v) is 3.07. The fourth-order valence-corrected chi connectivity index (χ4v) is 2.21. The van der Waals surface area contributed by atoms with E-state index in [0.717, 1.165) is 12.8 Å². The molecule has 1 saturated carbocycles. The van der Waals surface area contributed by atoms with Crippen LogP contribution in [-0.4, -0.2) is 27.5 Å². The van der Waals surface area contributed by atoms with Crippen molar-refractivity contribution in [2.75, 3.05) is 5.32 Å². The normalized spacial score (nSPS) is 16.4. The maximum absolute atomic E-state index is 12.0. The predicted molar refractivity (Wildman–Crippen MR) is 75.1 cm³/mol. The Hall–Kier alpha value is -1.65. The van der Waals surface area contributed by atoms with Gasteiger partial charge in [0, 0.05) is 17.8 Å². The van der Waals surface area contributed by atoms with E-state index in [1.54, 1.807) is 12.3 Å². The van der Waals surface area contributed by atoms with E-state index in [2.05, 4.69) is 20.6 Å². The van der Waals surface area contributed by atoms with Gasteiger partial charge in [0.2, 0.25) is 5.95 Å². The van der Waals surface area contributed by atoms with Gasteiger partial charge in [-0.15, -0.1) is 0 Å². The topological polar surface area (TPSA) is 66.9 Å². The average molecular weight is 262 g/mol. The minimum atomic E-state index is -0.263. The maximum Gasteiger partial charge on any atom is 0.270 e. The van der Waals surface area contributed by atoms with Crippen LogP contribution in [0.25, 0.3) is 0 Å². The molecule has 0 radical (unpaired) electrons. The molecule has 1 aromatic rings. The van der Waals surface area contributed by atoms with Crippen molar-refractivity contribution < 1.29 is 4.79 Å². The molecule has 0 bridgehead atoms. The van der Waals surface area contributed by atoms with Crippen LogP contribution in [0.3, 0.4) is 0 Å². The number of anilines is 1. The number of nitrogens with zero attached hydrogens (tertiary/aromatic N) is 2. The molecule has 0 aliphatic heterocycles. The van der Waals surface area contributed by atoms with Crippen molar-refractivity contribution in [3.05, 3.63) is 18.0 Å². The van der Waals surface area contributed by atoms with Gasteiger partial charge in [0.25, 0.3) is 5.91 Å². The molecule has 1 amide bonds. The summed E-state index contributed by atoms with van der Waals surface area (Å²) in [6.07, 6.45) is 6.44. The van der Waals surface area contributed by atoms with Crippen molar-refractivity contribution in [3.63, 3.8) is 0 Å². The lowest BCUT2D eigenvalue weighted by atomic mass is 10.1. The van der Waals surface area contributed by atoms with Crippen LogP contribution in [0, 0.1) is 0 Å². The molecule has 1 aliphatic rings. The quantitative estimate of drug-likeness (QED) is 0.877. The van der Waals surface area contributed by atoms with E-state index < -0.39 is 0 Å². The second-order valence-corrected chi connectivity index (χ2v) is 6.10. The van der Waals surface area contributed by atoms with Crippen LogP contribution in [0.1, 0.15) is 56.9 Å². The summed E-state index contributed by atoms with van der Waals surface area (Å²) in [5.74, 6) is 0.387. The fraction of sp³-hybridized carbons (Fsp3) is 0.643. The Balaban J connectivity index is 2.03. The maximum atomic E-state index is 12.0. The molecule has 0 unspecified atom stereocenters. The molecular formula is C14H22N4O. The summed E-state index contributed by atoms with van der Waals surface area (Å²) >= 11 is 0. The first kappa shape index (κ1) is 13.8. The van der Waals surface area contributed by atoms with E-state index in [4.69, 9.17) is 0 Å². The van der Waals surface area contributed by atoms with Gasteiger partial charge in [0.15, 0.2) is 0 Å². The highest BCUT2D eigenvalue weighted by Gasteiger charge is 2.18. The molecule has 2 rings (SSSR count). The van der Waals surface area contributed by atoms with E-state index >= 15 is 0 Å². The molecule has 0 spiro atoms. The highest BCUT2D eigenvalue weighted by atomic mass is 16.2. The summed E-state index contributed by atoms with van der Waals surface area (Å²) in [5.41, 5.74) is 0.145. The van der Waals surface area contributed by atoms with Crippen molar-refractivity contribution in [1.29, 1.82) is 0 Å². The molecule has 1 fully saturated rings. The standard InChI is InChI=1S/C14H22N4O/c1-14(2,3)18-12(19)11-8-9-15-13(17-11)16-10-6-4-5-7-10/h8-10H,4-7H2,1-3H3,(H,18,19)(H,15,16,17). The number of nitrogens with one attached hydrogen (secondary N) is 2. The van der Waals surface area contributed by atoms with E-state index in [0.29, 0.717) is 17.7 Å². The Morgan fingerprint density at radius 2 is 2.00 bits per heavy atom. The zero-order valence-electron chi connectivity index (χ0n) is 11.9. The number of rotatable bonds is 3. The van der Waals surface area contributed by atoms with Crippen LogP contribution < -0.4 is 10.6 Å². The SMILES string of the molecule is CC(C)(C)NC(=O)c1ccnc(NC2CCCC2)n1. The summed E-state index contributed by atoms with van der Waals surface area (Å²) in [4.78, 5) is 20.5. The zero-order valence-corrected chi connectivity index (χ0v) is 11.9. The highest BCUT2D eigenvalue weighted by Crippen LogP contribution is 2.20. The van der Waals surface area contributed by atoms with Crippen LogP contribution in [0.4, 0.5) is 5.95 Å². The number of hydrogen-bond acceptors (Lipinski definition) is 4. The van der Waals surface area contributed by atoms with E-state index in [1.165, 1.54) is 12.8 Å². The third kappa shape index (κ3) is 4.19. The first-order chi connectivity index (χ1) is 8.94. The molecule has 5 nitrogen and oxygen atoms in total. The lowest BCUT2D eigenvalue weighted by Crippen LogP contribution is -2.41. The fourth-order valence-electron chi connectivity index (χ4n) is 2.21. The number of hydrogen-bond donors (Lipinski definition) is 2. The Kier molecular flexibility index (Phi) is 4.02. The molecule has 1 aromatic heterocycles. The second kappa shape index (κ2) is 5.55. The van der Waals surface area contributed by atoms with Crippen molar-refractivity contribution in [2.45, 2.75) is 58.0 Å². The molecular weight excluding hydrogens is 240 g/mol. The van der Waals surface area contributed by atoms with Crippen LogP contribution >= 0.6 is 0 Å². The van der Waals surface area contributed by atoms with Crippen LogP contribution in [0.15, 0.2) is 12.3 Å². The van der Waals surface area contributed by atoms with Crippen molar-refractivity contribution in [1.82, 2.24) is 15.3 Å². The molecule has 0 atom stereocenters. The molecule has 104 valence electrons. The van der Waals surface area contributed by atoms with Gasteiger partial charge >= 0.3 is 0 Å². The first-order valence-corrected chi connectivity index (χ1v) is 6.86. The first-order valence-electron chi connectivity index (χ1n) is 6.86. The van der Waals surface area contributed by atoms with Gasteiger partial charge in [0.05, 0.1) is 0 Å². The van der Waals surface area contributed by atoms with Gasteiger partial charge in [0.1, 0.15) is 5.69 Å². The third-order valence-electron chi connectivity index (χ3n) is 3.07. The summed E-state index contributed by atoms with van der Waals surface area (Å²) < 4.78 is 0. The van der Waals surface area contributed by atoms with Crippen molar-refractivity contribution in [2.24, 2.45) is 0 Å². The molecule has 1 heterocycles. The molecule has 1 aliphatic carbocycles. The van der Waals surface area contributed by atoms with E-state index in [1.807, 2.05) is 20.8 Å². The Morgan fingerprint density at radius 3 is 2.63 bits per heavy atom. The molecule has 19 heavy (non-hydrogen) atoms. The lowest BCUT2D eigenvalue weighted by Gasteiger charge is -2.20. The second-order valence-electron chi connectivity index (χ2n) is 6.10. The molecule has 0 saturated heterocycles. The molecule has 0 aromatic carbocycles. The van der Waals surface area contributed by atoms with Crippen molar-refractivity contribution in [3.8, 4) is 0 Å². The smallest absolute Gasteiger partial charge is 0.270 e. The molecule has 2 N–H and O–H groups in total. The largest absolute Gasteiger partial charge is 0.351 e. The summed E-state index contributed by atoms with van der Waals surface area (Å²) in [6, 6.07) is 2.09. The van der Waals surface area contributed by atoms with Gasteiger partial charge < -0.3 is 10.6 Å². The van der Waals surface area contributed by atoms with Gasteiger partial charge in [-0.3, -0.25) is 4.79 Å². The average Bonchev–Trinajstić information content (AvgIpc) is 2.80. The van der Waals surface area contributed by atoms with Crippen LogP contribution in [-0.2, 0) is 0 Å². The minimum Gasteiger partial charge on any atom is -0.351 e. The number of amides is 1. The Morgan fingerprint density at radius 1 is 1.32 bits per heavy atom. The van der Waals surface area contributed by atoms with Crippen LogP contribution in [0.5, 0.6) is 0 Å². The summed E-state index contributed by atoms with van der Waals surface area (Å²) in [6.45, 7) is 5.84. The van der Waals surface area contributed by atoms with E-state index in [9.17, 15) is 4.79 Å².